The third kappa shape index (κ3) is 8.40. The molecule has 0 spiro atoms. The molecule has 0 radical (unpaired) electrons. The van der Waals surface area contributed by atoms with Crippen LogP contribution in [0.3, 0.4) is 0 Å². The van der Waals surface area contributed by atoms with Crippen LogP contribution >= 0.6 is 0 Å². The molecule has 3 aromatic rings. The van der Waals surface area contributed by atoms with Crippen LogP contribution in [0, 0.1) is 18.6 Å². The Bertz CT molecular complexity index is 1540. The molecule has 4 rings (SSSR count). The molecule has 226 valence electrons. The average Bonchev–Trinajstić information content (AvgIpc) is 2.99. The summed E-state index contributed by atoms with van der Waals surface area (Å²) < 4.78 is 52.9. The van der Waals surface area contributed by atoms with Gasteiger partial charge in [0.05, 0.1) is 30.4 Å². The third-order valence-corrected chi connectivity index (χ3v) is 8.12. The van der Waals surface area contributed by atoms with E-state index < -0.39 is 46.6 Å². The molecule has 0 aliphatic carbocycles. The van der Waals surface area contributed by atoms with Gasteiger partial charge >= 0.3 is 5.97 Å². The van der Waals surface area contributed by atoms with E-state index in [9.17, 15) is 28.0 Å². The van der Waals surface area contributed by atoms with E-state index in [1.807, 2.05) is 6.92 Å². The summed E-state index contributed by atoms with van der Waals surface area (Å²) in [5.74, 6) is -2.61. The van der Waals surface area contributed by atoms with Gasteiger partial charge in [0.15, 0.2) is 0 Å². The second kappa shape index (κ2) is 14.8. The van der Waals surface area contributed by atoms with Gasteiger partial charge in [0.1, 0.15) is 22.6 Å². The summed E-state index contributed by atoms with van der Waals surface area (Å²) in [4.78, 5) is 26.7. The minimum atomic E-state index is -1.51. The fourth-order valence-electron chi connectivity index (χ4n) is 4.31. The van der Waals surface area contributed by atoms with Gasteiger partial charge in [0.2, 0.25) is 0 Å². The smallest absolute Gasteiger partial charge is 0.308 e. The molecule has 3 aromatic carbocycles. The highest BCUT2D eigenvalue weighted by atomic mass is 32.2. The molecule has 1 saturated heterocycles. The summed E-state index contributed by atoms with van der Waals surface area (Å²) in [7, 11) is -1.51. The number of anilines is 2. The maximum Gasteiger partial charge on any atom is 0.308 e. The third-order valence-electron chi connectivity index (χ3n) is 6.47. The number of morpholine rings is 1. The SMILES string of the molecule is CCOC(=O)CC(=[N-])/C(C(=O)Nc1ccc(C)c(S(=O)N2CCOCC2)c1)=C(\Nc1ccc(F)cc1)c1ccc(F)cc1. The molecule has 2 N–H and O–H groups in total. The molecule has 0 saturated carbocycles. The van der Waals surface area contributed by atoms with Crippen molar-refractivity contribution in [1.82, 2.24) is 4.31 Å². The highest BCUT2D eigenvalue weighted by molar-refractivity contribution is 7.82. The number of nitrogens with zero attached hydrogens (tertiary/aromatic N) is 2. The summed E-state index contributed by atoms with van der Waals surface area (Å²) in [5, 5.41) is 16.9. The van der Waals surface area contributed by atoms with Crippen molar-refractivity contribution in [3.63, 3.8) is 0 Å². The van der Waals surface area contributed by atoms with E-state index in [2.05, 4.69) is 10.6 Å². The first-order chi connectivity index (χ1) is 20.7. The van der Waals surface area contributed by atoms with Crippen LogP contribution in [0.25, 0.3) is 11.1 Å². The molecule has 1 amide bonds. The topological polar surface area (TPSA) is 119 Å². The summed E-state index contributed by atoms with van der Waals surface area (Å²) in [5.41, 5.74) is 0.761. The Morgan fingerprint density at radius 1 is 0.953 bits per heavy atom. The van der Waals surface area contributed by atoms with Crippen molar-refractivity contribution in [2.24, 2.45) is 0 Å². The number of esters is 1. The summed E-state index contributed by atoms with van der Waals surface area (Å²) in [6.07, 6.45) is -0.632. The quantitative estimate of drug-likeness (QED) is 0.178. The normalized spacial score (nSPS) is 14.8. The molecule has 1 atom stereocenters. The Morgan fingerprint density at radius 2 is 1.56 bits per heavy atom. The van der Waals surface area contributed by atoms with Crippen molar-refractivity contribution in [2.75, 3.05) is 43.5 Å². The number of carbonyl (C=O) groups is 2. The van der Waals surface area contributed by atoms with Gasteiger partial charge < -0.3 is 25.5 Å². The van der Waals surface area contributed by atoms with Crippen LogP contribution in [-0.2, 0) is 30.0 Å². The van der Waals surface area contributed by atoms with Gasteiger partial charge in [-0.3, -0.25) is 9.59 Å². The number of benzene rings is 3. The van der Waals surface area contributed by atoms with Crippen molar-refractivity contribution in [1.29, 1.82) is 0 Å². The lowest BCUT2D eigenvalue weighted by molar-refractivity contribution is -0.141. The van der Waals surface area contributed by atoms with Gasteiger partial charge in [-0.05, 0) is 85.6 Å². The molecular formula is C31H31F2N4O5S-. The molecule has 1 fully saturated rings. The van der Waals surface area contributed by atoms with E-state index >= 15 is 0 Å². The Balaban J connectivity index is 1.77. The predicted octanol–water partition coefficient (Wildman–Crippen LogP) is 5.05. The van der Waals surface area contributed by atoms with Crippen LogP contribution in [0.2, 0.25) is 0 Å². The van der Waals surface area contributed by atoms with E-state index in [1.54, 1.807) is 29.4 Å². The Labute approximate surface area is 251 Å². The van der Waals surface area contributed by atoms with Crippen molar-refractivity contribution in [2.45, 2.75) is 25.2 Å². The van der Waals surface area contributed by atoms with Crippen molar-refractivity contribution >= 4 is 45.6 Å². The summed E-state index contributed by atoms with van der Waals surface area (Å²) in [6, 6.07) is 15.3. The first-order valence-electron chi connectivity index (χ1n) is 13.6. The van der Waals surface area contributed by atoms with Gasteiger partial charge in [0, 0.05) is 36.5 Å². The number of rotatable bonds is 11. The average molecular weight is 610 g/mol. The number of carbonyl (C=O) groups excluding carboxylic acids is 2. The lowest BCUT2D eigenvalue weighted by Gasteiger charge is -2.26. The summed E-state index contributed by atoms with van der Waals surface area (Å²) in [6.45, 7) is 5.36. The van der Waals surface area contributed by atoms with E-state index in [0.29, 0.717) is 42.4 Å². The minimum Gasteiger partial charge on any atom is -0.806 e. The van der Waals surface area contributed by atoms with Crippen LogP contribution in [0.1, 0.15) is 24.5 Å². The summed E-state index contributed by atoms with van der Waals surface area (Å²) >= 11 is 0. The second-order valence-corrected chi connectivity index (χ2v) is 11.0. The Kier molecular flexibility index (Phi) is 10.9. The highest BCUT2D eigenvalue weighted by Crippen LogP contribution is 2.27. The fraction of sp³-hybridized carbons (Fsp3) is 0.258. The van der Waals surface area contributed by atoms with Gasteiger partial charge in [0.25, 0.3) is 5.91 Å². The number of ether oxygens (including phenoxy) is 2. The van der Waals surface area contributed by atoms with E-state index in [1.165, 1.54) is 48.5 Å². The number of aryl methyl sites for hydroxylation is 1. The first kappa shape index (κ1) is 31.7. The molecule has 1 unspecified atom stereocenters. The number of amides is 1. The molecule has 12 heteroatoms. The van der Waals surface area contributed by atoms with Crippen LogP contribution in [0.15, 0.2) is 77.2 Å². The zero-order valence-corrected chi connectivity index (χ0v) is 24.5. The molecule has 0 bridgehead atoms. The molecule has 1 heterocycles. The largest absolute Gasteiger partial charge is 0.806 e. The Morgan fingerprint density at radius 3 is 2.19 bits per heavy atom. The van der Waals surface area contributed by atoms with Gasteiger partial charge in [-0.2, -0.15) is 5.71 Å². The van der Waals surface area contributed by atoms with E-state index in [0.717, 1.165) is 5.56 Å². The maximum absolute atomic E-state index is 13.9. The van der Waals surface area contributed by atoms with Crippen molar-refractivity contribution in [3.8, 4) is 0 Å². The number of hydrogen-bond donors (Lipinski definition) is 2. The predicted molar refractivity (Wildman–Crippen MR) is 162 cm³/mol. The van der Waals surface area contributed by atoms with Crippen LogP contribution in [0.4, 0.5) is 20.2 Å². The van der Waals surface area contributed by atoms with E-state index in [4.69, 9.17) is 9.47 Å². The second-order valence-electron chi connectivity index (χ2n) is 9.54. The lowest BCUT2D eigenvalue weighted by Crippen LogP contribution is -2.37. The Hall–Kier alpha value is -4.26. The van der Waals surface area contributed by atoms with Gasteiger partial charge in [-0.1, -0.05) is 6.07 Å². The first-order valence-corrected chi connectivity index (χ1v) is 14.7. The standard InChI is InChI=1S/C31H31F2N4O5S/c1-3-42-28(38)19-26(34)29(30(21-5-7-22(32)8-6-21)35-24-12-9-23(33)10-13-24)31(39)36-25-11-4-20(2)27(18-25)43(40)37-14-16-41-17-15-37/h4-13,18,35H,3,14-17,19H2,1-2H3,(H,36,39)/q-1/b30-29+. The molecular weight excluding hydrogens is 578 g/mol. The van der Waals surface area contributed by atoms with Crippen molar-refractivity contribution in [3.05, 3.63) is 100 Å². The van der Waals surface area contributed by atoms with Crippen molar-refractivity contribution < 1.29 is 32.1 Å². The fourth-order valence-corrected chi connectivity index (χ4v) is 5.64. The van der Waals surface area contributed by atoms with Crippen LogP contribution in [-0.4, -0.2) is 59.0 Å². The zero-order valence-electron chi connectivity index (χ0n) is 23.7. The monoisotopic (exact) mass is 609 g/mol. The number of hydrogen-bond acceptors (Lipinski definition) is 6. The number of nitrogens with one attached hydrogen (secondary N) is 2. The molecule has 0 aromatic heterocycles. The molecule has 1 aliphatic heterocycles. The van der Waals surface area contributed by atoms with Gasteiger partial charge in [-0.25, -0.2) is 17.3 Å². The van der Waals surface area contributed by atoms with E-state index in [-0.39, 0.29) is 23.6 Å². The van der Waals surface area contributed by atoms with Gasteiger partial charge in [-0.15, -0.1) is 0 Å². The van der Waals surface area contributed by atoms with Crippen LogP contribution in [0.5, 0.6) is 0 Å². The lowest BCUT2D eigenvalue weighted by atomic mass is 9.98. The molecule has 43 heavy (non-hydrogen) atoms. The minimum absolute atomic E-state index is 0.0233. The molecule has 9 nitrogen and oxygen atoms in total. The zero-order chi connectivity index (χ0) is 30.9. The highest BCUT2D eigenvalue weighted by Gasteiger charge is 2.23. The maximum atomic E-state index is 13.9. The van der Waals surface area contributed by atoms with Crippen LogP contribution < -0.4 is 10.6 Å². The molecule has 1 aliphatic rings. The number of halogens is 2.